The Balaban J connectivity index is 1.28. The van der Waals surface area contributed by atoms with E-state index in [4.69, 9.17) is 16.6 Å². The van der Waals surface area contributed by atoms with Crippen LogP contribution in [0.15, 0.2) is 102 Å². The Kier molecular flexibility index (Phi) is 7.18. The summed E-state index contributed by atoms with van der Waals surface area (Å²) in [7, 11) is 0. The highest BCUT2D eigenvalue weighted by molar-refractivity contribution is 6.37. The number of hydrogen-bond acceptors (Lipinski definition) is 7. The Morgan fingerprint density at radius 1 is 0.935 bits per heavy atom. The maximum Gasteiger partial charge on any atom is 0.269 e. The number of amides is 1. The third kappa shape index (κ3) is 5.30. The first kappa shape index (κ1) is 28.7. The normalized spacial score (nSPS) is 13.5. The number of nitro benzene ring substituents is 1. The number of carbonyl (C=O) groups is 1. The smallest absolute Gasteiger partial charge is 0.269 e. The monoisotopic (exact) mass is 633 g/mol. The van der Waals surface area contributed by atoms with Gasteiger partial charge in [-0.05, 0) is 66.2 Å². The van der Waals surface area contributed by atoms with Gasteiger partial charge >= 0.3 is 0 Å². The predicted molar refractivity (Wildman–Crippen MR) is 170 cm³/mol. The highest BCUT2D eigenvalue weighted by Crippen LogP contribution is 2.40. The molecule has 0 bridgehead atoms. The van der Waals surface area contributed by atoms with Crippen LogP contribution in [0, 0.1) is 15.9 Å². The maximum atomic E-state index is 14.1. The van der Waals surface area contributed by atoms with Gasteiger partial charge in [-0.25, -0.2) is 14.1 Å². The maximum absolute atomic E-state index is 14.1. The lowest BCUT2D eigenvalue weighted by Gasteiger charge is -2.15. The van der Waals surface area contributed by atoms with Gasteiger partial charge < -0.3 is 4.90 Å². The first-order valence-electron chi connectivity index (χ1n) is 14.0. The van der Waals surface area contributed by atoms with Gasteiger partial charge in [0.05, 0.1) is 52.1 Å². The van der Waals surface area contributed by atoms with Crippen molar-refractivity contribution in [3.8, 4) is 5.69 Å². The van der Waals surface area contributed by atoms with Crippen LogP contribution in [0.25, 0.3) is 28.2 Å². The lowest BCUT2D eigenvalue weighted by atomic mass is 10.1. The Morgan fingerprint density at radius 3 is 2.52 bits per heavy atom. The van der Waals surface area contributed by atoms with Crippen LogP contribution in [0.5, 0.6) is 0 Å². The van der Waals surface area contributed by atoms with E-state index < -0.39 is 10.7 Å². The van der Waals surface area contributed by atoms with Crippen LogP contribution in [0.3, 0.4) is 0 Å². The van der Waals surface area contributed by atoms with Crippen LogP contribution < -0.4 is 10.5 Å². The summed E-state index contributed by atoms with van der Waals surface area (Å²) in [6, 6.07) is 23.8. The number of nitrogens with zero attached hydrogens (tertiary/aromatic N) is 7. The first-order valence-corrected chi connectivity index (χ1v) is 14.4. The van der Waals surface area contributed by atoms with Gasteiger partial charge in [0, 0.05) is 22.7 Å². The molecule has 0 spiro atoms. The summed E-state index contributed by atoms with van der Waals surface area (Å²) >= 11 is 6.37. The van der Waals surface area contributed by atoms with Crippen molar-refractivity contribution in [2.24, 2.45) is 0 Å². The molecule has 4 aromatic carbocycles. The van der Waals surface area contributed by atoms with E-state index in [1.54, 1.807) is 79.0 Å². The molecule has 0 radical (unpaired) electrons. The van der Waals surface area contributed by atoms with Gasteiger partial charge in [-0.15, -0.1) is 5.10 Å². The second-order valence-corrected chi connectivity index (χ2v) is 11.0. The number of hydrogen-bond donors (Lipinski definition) is 0. The van der Waals surface area contributed by atoms with E-state index in [0.29, 0.717) is 44.1 Å². The Morgan fingerprint density at radius 2 is 1.74 bits per heavy atom. The summed E-state index contributed by atoms with van der Waals surface area (Å²) in [5.41, 5.74) is 3.01. The minimum Gasteiger partial charge on any atom is -0.302 e. The number of benzene rings is 4. The van der Waals surface area contributed by atoms with Gasteiger partial charge in [0.1, 0.15) is 17.3 Å². The second kappa shape index (κ2) is 11.5. The van der Waals surface area contributed by atoms with Crippen molar-refractivity contribution in [1.29, 1.82) is 0 Å². The predicted octanol–water partition coefficient (Wildman–Crippen LogP) is 5.81. The molecule has 6 aromatic rings. The number of fused-ring (bicyclic) bond motifs is 2. The van der Waals surface area contributed by atoms with Crippen LogP contribution >= 0.6 is 11.6 Å². The second-order valence-electron chi connectivity index (χ2n) is 10.5. The molecule has 0 saturated heterocycles. The van der Waals surface area contributed by atoms with E-state index in [2.05, 4.69) is 10.3 Å². The van der Waals surface area contributed by atoms with E-state index in [-0.39, 0.29) is 41.6 Å². The van der Waals surface area contributed by atoms with Gasteiger partial charge in [0.15, 0.2) is 0 Å². The third-order valence-electron chi connectivity index (χ3n) is 7.60. The molecule has 0 saturated carbocycles. The summed E-state index contributed by atoms with van der Waals surface area (Å²) in [5, 5.41) is 20.2. The molecule has 0 N–H and O–H groups in total. The average molecular weight is 634 g/mol. The van der Waals surface area contributed by atoms with Crippen molar-refractivity contribution >= 4 is 51.4 Å². The lowest BCUT2D eigenvalue weighted by molar-refractivity contribution is -0.384. The zero-order valence-electron chi connectivity index (χ0n) is 23.7. The van der Waals surface area contributed by atoms with Gasteiger partial charge in [-0.3, -0.25) is 24.3 Å². The number of halogens is 2. The van der Waals surface area contributed by atoms with E-state index in [1.807, 2.05) is 0 Å². The highest BCUT2D eigenvalue weighted by Gasteiger charge is 2.34. The zero-order chi connectivity index (χ0) is 31.9. The van der Waals surface area contributed by atoms with Gasteiger partial charge in [-0.1, -0.05) is 41.1 Å². The van der Waals surface area contributed by atoms with Crippen molar-refractivity contribution in [2.45, 2.75) is 13.1 Å². The average Bonchev–Trinajstić information content (AvgIpc) is 3.62. The minimum absolute atomic E-state index is 0.0274. The zero-order valence-corrected chi connectivity index (χ0v) is 24.5. The van der Waals surface area contributed by atoms with Crippen molar-refractivity contribution in [2.75, 3.05) is 4.90 Å². The number of carbonyl (C=O) groups excluding carboxylic acids is 1. The van der Waals surface area contributed by atoms with Gasteiger partial charge in [0.25, 0.3) is 17.2 Å². The van der Waals surface area contributed by atoms with Gasteiger partial charge in [-0.2, -0.15) is 0 Å². The molecule has 11 nitrogen and oxygen atoms in total. The molecule has 13 heteroatoms. The van der Waals surface area contributed by atoms with Gasteiger partial charge in [0.2, 0.25) is 0 Å². The number of anilines is 1. The largest absolute Gasteiger partial charge is 0.302 e. The molecule has 1 aliphatic rings. The molecule has 0 unspecified atom stereocenters. The first-order chi connectivity index (χ1) is 22.2. The molecule has 7 rings (SSSR count). The topological polar surface area (TPSA) is 129 Å². The molecule has 1 aliphatic heterocycles. The summed E-state index contributed by atoms with van der Waals surface area (Å²) in [5.74, 6) is -0.593. The minimum atomic E-state index is -0.488. The van der Waals surface area contributed by atoms with Crippen molar-refractivity contribution < 1.29 is 14.1 Å². The number of aromatic nitrogens is 5. The Hall–Kier alpha value is -6.01. The molecule has 2 aromatic heterocycles. The lowest BCUT2D eigenvalue weighted by Crippen LogP contribution is -2.27. The SMILES string of the molecule is O=C1/C(=C/c2nc3ccccc3c(=O)n2Cc2cccc(F)c2)c2cc(Cl)ccc2N1Cc1cn(-c2ccc([N+](=O)[O-])cc2)nn1. The number of rotatable bonds is 7. The molecule has 0 fully saturated rings. The molecule has 46 heavy (non-hydrogen) atoms. The fourth-order valence-corrected chi connectivity index (χ4v) is 5.58. The van der Waals surface area contributed by atoms with Crippen LogP contribution in [-0.2, 0) is 17.9 Å². The van der Waals surface area contributed by atoms with Crippen LogP contribution in [0.1, 0.15) is 22.6 Å². The van der Waals surface area contributed by atoms with E-state index >= 15 is 0 Å². The Labute approximate surface area is 264 Å². The molecule has 0 aliphatic carbocycles. The molecule has 3 heterocycles. The number of non-ortho nitro benzene ring substituents is 1. The van der Waals surface area contributed by atoms with E-state index in [0.717, 1.165) is 0 Å². The molecule has 226 valence electrons. The highest BCUT2D eigenvalue weighted by atomic mass is 35.5. The summed E-state index contributed by atoms with van der Waals surface area (Å²) < 4.78 is 16.9. The molecule has 1 amide bonds. The molecule has 0 atom stereocenters. The standard InChI is InChI=1S/C33H21ClFN7O4/c34-21-8-13-30-27(15-21)28(33(44)39(30)18-23-19-41(38-37-23)24-9-11-25(12-10-24)42(45)46)16-31-36-29-7-2-1-6-26(29)32(43)40(31)17-20-4-3-5-22(35)14-20/h1-16,19H,17-18H2/b28-16+. The van der Waals surface area contributed by atoms with Crippen LogP contribution in [-0.4, -0.2) is 35.4 Å². The Bertz CT molecular complexity index is 2280. The van der Waals surface area contributed by atoms with Crippen molar-refractivity contribution in [3.63, 3.8) is 0 Å². The number of nitro groups is 1. The van der Waals surface area contributed by atoms with E-state index in [9.17, 15) is 24.1 Å². The fourth-order valence-electron chi connectivity index (χ4n) is 5.41. The fraction of sp³-hybridized carbons (Fsp3) is 0.0606. The molecular formula is C33H21ClFN7O4. The summed E-state index contributed by atoms with van der Waals surface area (Å²) in [6.07, 6.45) is 3.19. The summed E-state index contributed by atoms with van der Waals surface area (Å²) in [6.45, 7) is 0.0820. The van der Waals surface area contributed by atoms with Crippen LogP contribution in [0.2, 0.25) is 5.02 Å². The van der Waals surface area contributed by atoms with Crippen molar-refractivity contribution in [3.05, 3.63) is 151 Å². The van der Waals surface area contributed by atoms with E-state index in [1.165, 1.54) is 38.4 Å². The quantitative estimate of drug-likeness (QED) is 0.123. The molecular weight excluding hydrogens is 613 g/mol. The third-order valence-corrected chi connectivity index (χ3v) is 7.83. The number of para-hydroxylation sites is 1. The van der Waals surface area contributed by atoms with Crippen molar-refractivity contribution in [1.82, 2.24) is 24.5 Å². The summed E-state index contributed by atoms with van der Waals surface area (Å²) in [4.78, 5) is 44.5. The van der Waals surface area contributed by atoms with Crippen LogP contribution in [0.4, 0.5) is 15.8 Å².